The molecule has 1 aromatic rings. The van der Waals surface area contributed by atoms with E-state index in [0.29, 0.717) is 14.9 Å². The van der Waals surface area contributed by atoms with Gasteiger partial charge in [-0.25, -0.2) is 4.39 Å². The van der Waals surface area contributed by atoms with Crippen LogP contribution < -0.4 is 10.2 Å². The van der Waals surface area contributed by atoms with Crippen LogP contribution in [0.25, 0.3) is 6.08 Å². The highest BCUT2D eigenvalue weighted by Gasteiger charge is 2.23. The molecule has 3 rings (SSSR count). The van der Waals surface area contributed by atoms with E-state index in [-0.39, 0.29) is 11.7 Å². The van der Waals surface area contributed by atoms with E-state index in [9.17, 15) is 9.18 Å². The fourth-order valence-corrected chi connectivity index (χ4v) is 3.63. The highest BCUT2D eigenvalue weighted by Crippen LogP contribution is 2.30. The van der Waals surface area contributed by atoms with Crippen molar-refractivity contribution in [1.82, 2.24) is 5.32 Å². The quantitative estimate of drug-likeness (QED) is 0.669. The van der Waals surface area contributed by atoms with Gasteiger partial charge in [0.25, 0.3) is 5.91 Å². The van der Waals surface area contributed by atoms with Crippen LogP contribution in [-0.2, 0) is 4.79 Å². The zero-order chi connectivity index (χ0) is 15.0. The molecular weight excluding hydrogens is 307 g/mol. The number of hydrogen-bond donors (Lipinski definition) is 1. The van der Waals surface area contributed by atoms with Crippen molar-refractivity contribution in [1.29, 1.82) is 0 Å². The Morgan fingerprint density at radius 2 is 2.10 bits per heavy atom. The number of rotatable bonds is 2. The van der Waals surface area contributed by atoms with Crippen LogP contribution in [0.1, 0.15) is 24.0 Å². The number of hydrogen-bond acceptors (Lipinski definition) is 4. The van der Waals surface area contributed by atoms with Gasteiger partial charge in [0.1, 0.15) is 10.1 Å². The number of amides is 1. The summed E-state index contributed by atoms with van der Waals surface area (Å²) in [6.45, 7) is 3.74. The molecule has 2 aliphatic rings. The van der Waals surface area contributed by atoms with Gasteiger partial charge in [0.05, 0.1) is 10.6 Å². The summed E-state index contributed by atoms with van der Waals surface area (Å²) in [5.74, 6) is -0.450. The van der Waals surface area contributed by atoms with Gasteiger partial charge in [-0.1, -0.05) is 24.0 Å². The summed E-state index contributed by atoms with van der Waals surface area (Å²) >= 11 is 6.16. The highest BCUT2D eigenvalue weighted by atomic mass is 32.2. The van der Waals surface area contributed by atoms with Gasteiger partial charge in [-0.3, -0.25) is 4.79 Å². The lowest BCUT2D eigenvalue weighted by Crippen LogP contribution is -2.19. The fourth-order valence-electron chi connectivity index (χ4n) is 2.60. The van der Waals surface area contributed by atoms with Crippen LogP contribution in [0.5, 0.6) is 0 Å². The van der Waals surface area contributed by atoms with Crippen LogP contribution in [0.4, 0.5) is 10.1 Å². The molecule has 21 heavy (non-hydrogen) atoms. The minimum Gasteiger partial charge on any atom is -0.369 e. The first-order valence-electron chi connectivity index (χ1n) is 6.84. The summed E-state index contributed by atoms with van der Waals surface area (Å²) in [4.78, 5) is 14.3. The fraction of sp³-hybridized carbons (Fsp3) is 0.333. The van der Waals surface area contributed by atoms with Gasteiger partial charge < -0.3 is 10.2 Å². The molecule has 2 heterocycles. The molecule has 0 aliphatic carbocycles. The van der Waals surface area contributed by atoms with Crippen LogP contribution in [-0.4, -0.2) is 23.3 Å². The molecule has 1 amide bonds. The van der Waals surface area contributed by atoms with Crippen molar-refractivity contribution in [3.05, 3.63) is 34.0 Å². The largest absolute Gasteiger partial charge is 0.369 e. The molecule has 2 fully saturated rings. The Kier molecular flexibility index (Phi) is 3.99. The van der Waals surface area contributed by atoms with Crippen LogP contribution >= 0.6 is 24.0 Å². The zero-order valence-corrected chi connectivity index (χ0v) is 13.2. The van der Waals surface area contributed by atoms with Gasteiger partial charge in [-0.05, 0) is 49.1 Å². The number of nitrogens with one attached hydrogen (secondary N) is 1. The Morgan fingerprint density at radius 1 is 1.38 bits per heavy atom. The van der Waals surface area contributed by atoms with Gasteiger partial charge in [0.15, 0.2) is 0 Å². The molecule has 0 unspecified atom stereocenters. The standard InChI is InChI=1S/C15H15FN2OS2/c1-9-6-12(18-4-2-3-5-18)11(16)7-10(9)8-13-14(19)17-15(20)21-13/h6-8H,2-5H2,1H3,(H,17,19,20)/b13-8+. The van der Waals surface area contributed by atoms with Crippen LogP contribution in [0.15, 0.2) is 17.0 Å². The van der Waals surface area contributed by atoms with Crippen LogP contribution in [0.3, 0.4) is 0 Å². The molecule has 0 bridgehead atoms. The molecule has 110 valence electrons. The second-order valence-electron chi connectivity index (χ2n) is 5.21. The Bertz CT molecular complexity index is 651. The number of nitrogens with zero attached hydrogens (tertiary/aromatic N) is 1. The molecule has 3 nitrogen and oxygen atoms in total. The zero-order valence-electron chi connectivity index (χ0n) is 11.6. The van der Waals surface area contributed by atoms with E-state index in [4.69, 9.17) is 12.2 Å². The summed E-state index contributed by atoms with van der Waals surface area (Å²) in [6.07, 6.45) is 3.92. The molecule has 0 radical (unpaired) electrons. The SMILES string of the molecule is Cc1cc(N2CCCC2)c(F)cc1/C=C1/SC(=S)NC1=O. The Hall–Kier alpha value is -1.40. The second kappa shape index (κ2) is 5.77. The first kappa shape index (κ1) is 14.5. The predicted molar refractivity (Wildman–Crippen MR) is 88.9 cm³/mol. The second-order valence-corrected chi connectivity index (χ2v) is 6.93. The summed E-state index contributed by atoms with van der Waals surface area (Å²) in [6, 6.07) is 3.37. The van der Waals surface area contributed by atoms with Gasteiger partial charge in [0.2, 0.25) is 0 Å². The molecule has 0 atom stereocenters. The molecule has 6 heteroatoms. The normalized spacial score (nSPS) is 20.5. The first-order chi connectivity index (χ1) is 10.0. The number of anilines is 1. The van der Waals surface area contributed by atoms with Gasteiger partial charge in [-0.15, -0.1) is 0 Å². The van der Waals surface area contributed by atoms with Crippen molar-refractivity contribution in [2.75, 3.05) is 18.0 Å². The van der Waals surface area contributed by atoms with Crippen LogP contribution in [0.2, 0.25) is 0 Å². The van der Waals surface area contributed by atoms with Crippen molar-refractivity contribution >= 4 is 46.0 Å². The molecule has 1 N–H and O–H groups in total. The average molecular weight is 322 g/mol. The number of benzene rings is 1. The third-order valence-electron chi connectivity index (χ3n) is 3.71. The van der Waals surface area contributed by atoms with E-state index >= 15 is 0 Å². The summed E-state index contributed by atoms with van der Waals surface area (Å²) in [5, 5.41) is 2.56. The smallest absolute Gasteiger partial charge is 0.263 e. The number of thioether (sulfide) groups is 1. The molecular formula is C15H15FN2OS2. The lowest BCUT2D eigenvalue weighted by atomic mass is 10.1. The molecule has 1 aromatic carbocycles. The Labute approximate surface area is 132 Å². The molecule has 2 aliphatic heterocycles. The lowest BCUT2D eigenvalue weighted by molar-refractivity contribution is -0.115. The minimum absolute atomic E-state index is 0.214. The number of halogens is 1. The molecule has 0 saturated carbocycles. The monoisotopic (exact) mass is 322 g/mol. The summed E-state index contributed by atoms with van der Waals surface area (Å²) < 4.78 is 14.8. The third-order valence-corrected chi connectivity index (χ3v) is 4.87. The van der Waals surface area contributed by atoms with Crippen molar-refractivity contribution in [3.8, 4) is 0 Å². The predicted octanol–water partition coefficient (Wildman–Crippen LogP) is 3.22. The third kappa shape index (κ3) is 2.96. The van der Waals surface area contributed by atoms with Crippen LogP contribution in [0, 0.1) is 12.7 Å². The van der Waals surface area contributed by atoms with Gasteiger partial charge >= 0.3 is 0 Å². The molecule has 0 spiro atoms. The number of thiocarbonyl (C=S) groups is 1. The van der Waals surface area contributed by atoms with E-state index in [1.165, 1.54) is 17.8 Å². The summed E-state index contributed by atoms with van der Waals surface area (Å²) in [5.41, 5.74) is 2.33. The molecule has 2 saturated heterocycles. The van der Waals surface area contributed by atoms with E-state index in [1.807, 2.05) is 13.0 Å². The first-order valence-corrected chi connectivity index (χ1v) is 8.07. The van der Waals surface area contributed by atoms with Crippen molar-refractivity contribution in [2.24, 2.45) is 0 Å². The lowest BCUT2D eigenvalue weighted by Gasteiger charge is -2.19. The maximum atomic E-state index is 14.3. The van der Waals surface area contributed by atoms with E-state index in [2.05, 4.69) is 10.2 Å². The van der Waals surface area contributed by atoms with E-state index < -0.39 is 0 Å². The van der Waals surface area contributed by atoms with E-state index in [0.717, 1.165) is 37.1 Å². The topological polar surface area (TPSA) is 32.3 Å². The maximum absolute atomic E-state index is 14.3. The summed E-state index contributed by atoms with van der Waals surface area (Å²) in [7, 11) is 0. The Balaban J connectivity index is 1.94. The number of carbonyl (C=O) groups is 1. The van der Waals surface area contributed by atoms with Gasteiger partial charge in [-0.2, -0.15) is 0 Å². The van der Waals surface area contributed by atoms with E-state index in [1.54, 1.807) is 6.08 Å². The van der Waals surface area contributed by atoms with Crippen molar-refractivity contribution < 1.29 is 9.18 Å². The Morgan fingerprint density at radius 3 is 2.71 bits per heavy atom. The maximum Gasteiger partial charge on any atom is 0.263 e. The number of carbonyl (C=O) groups excluding carboxylic acids is 1. The highest BCUT2D eigenvalue weighted by molar-refractivity contribution is 8.26. The van der Waals surface area contributed by atoms with Gasteiger partial charge in [0, 0.05) is 13.1 Å². The van der Waals surface area contributed by atoms with Crippen molar-refractivity contribution in [2.45, 2.75) is 19.8 Å². The van der Waals surface area contributed by atoms with Crippen molar-refractivity contribution in [3.63, 3.8) is 0 Å². The minimum atomic E-state index is -0.236. The number of aryl methyl sites for hydroxylation is 1. The molecule has 0 aromatic heterocycles. The average Bonchev–Trinajstić information content (AvgIpc) is 3.04.